The first-order valence-corrected chi connectivity index (χ1v) is 8.48. The Morgan fingerprint density at radius 1 is 1.12 bits per heavy atom. The van der Waals surface area contributed by atoms with E-state index in [9.17, 15) is 9.18 Å². The summed E-state index contributed by atoms with van der Waals surface area (Å²) in [6.07, 6.45) is 3.32. The van der Waals surface area contributed by atoms with Crippen LogP contribution in [-0.4, -0.2) is 44.1 Å². The van der Waals surface area contributed by atoms with Crippen molar-refractivity contribution < 1.29 is 13.9 Å². The second-order valence-electron chi connectivity index (χ2n) is 6.12. The number of methoxy groups -OCH3 is 1. The first-order valence-electron chi connectivity index (χ1n) is 8.48. The highest BCUT2D eigenvalue weighted by molar-refractivity contribution is 5.92. The quantitative estimate of drug-likeness (QED) is 0.677. The van der Waals surface area contributed by atoms with E-state index in [1.165, 1.54) is 12.1 Å². The molecule has 2 aromatic rings. The van der Waals surface area contributed by atoms with Gasteiger partial charge in [0.1, 0.15) is 11.6 Å². The lowest BCUT2D eigenvalue weighted by Crippen LogP contribution is -2.48. The minimum absolute atomic E-state index is 0.0295. The molecule has 3 rings (SSSR count). The van der Waals surface area contributed by atoms with Crippen molar-refractivity contribution in [3.05, 3.63) is 59.9 Å². The number of piperazine rings is 1. The monoisotopic (exact) mass is 355 g/mol. The number of hydrogen-bond acceptors (Lipinski definition) is 4. The summed E-state index contributed by atoms with van der Waals surface area (Å²) in [6.45, 7) is 2.71. The Hall–Kier alpha value is -3.02. The number of hydrogen-bond donors (Lipinski definition) is 1. The zero-order valence-corrected chi connectivity index (χ0v) is 14.7. The molecule has 0 radical (unpaired) electrons. The number of anilines is 2. The molecule has 0 saturated carbocycles. The van der Waals surface area contributed by atoms with E-state index < -0.39 is 0 Å². The Morgan fingerprint density at radius 2 is 1.81 bits per heavy atom. The topological polar surface area (TPSA) is 58.8 Å². The lowest BCUT2D eigenvalue weighted by Gasteiger charge is -2.35. The minimum atomic E-state index is -0.244. The number of rotatable bonds is 4. The molecule has 26 heavy (non-hydrogen) atoms. The maximum absolute atomic E-state index is 13.0. The second-order valence-corrected chi connectivity index (χ2v) is 6.12. The van der Waals surface area contributed by atoms with Crippen LogP contribution in [0.2, 0.25) is 0 Å². The van der Waals surface area contributed by atoms with Gasteiger partial charge in [0, 0.05) is 37.9 Å². The van der Waals surface area contributed by atoms with E-state index in [0.29, 0.717) is 24.5 Å². The minimum Gasteiger partial charge on any atom is -0.495 e. The maximum Gasteiger partial charge on any atom is 0.246 e. The van der Waals surface area contributed by atoms with E-state index in [1.807, 2.05) is 11.0 Å². The molecule has 2 aromatic carbocycles. The van der Waals surface area contributed by atoms with Crippen LogP contribution in [0.3, 0.4) is 0 Å². The van der Waals surface area contributed by atoms with Gasteiger partial charge in [0.25, 0.3) is 0 Å². The number of carbonyl (C=O) groups is 1. The number of carbonyl (C=O) groups excluding carboxylic acids is 1. The Bertz CT molecular complexity index is 797. The van der Waals surface area contributed by atoms with Gasteiger partial charge in [0.15, 0.2) is 0 Å². The molecule has 5 nitrogen and oxygen atoms in total. The van der Waals surface area contributed by atoms with Gasteiger partial charge in [-0.3, -0.25) is 4.79 Å². The molecule has 0 spiro atoms. The van der Waals surface area contributed by atoms with Crippen LogP contribution in [0.1, 0.15) is 5.56 Å². The van der Waals surface area contributed by atoms with Crippen molar-refractivity contribution in [1.29, 1.82) is 0 Å². The molecule has 1 aliphatic rings. The highest BCUT2D eigenvalue weighted by Crippen LogP contribution is 2.22. The summed E-state index contributed by atoms with van der Waals surface area (Å²) < 4.78 is 18.1. The third-order valence-electron chi connectivity index (χ3n) is 4.46. The van der Waals surface area contributed by atoms with Crippen molar-refractivity contribution in [2.24, 2.45) is 0 Å². The molecule has 1 amide bonds. The molecule has 6 heteroatoms. The van der Waals surface area contributed by atoms with E-state index >= 15 is 0 Å². The first kappa shape index (κ1) is 17.8. The van der Waals surface area contributed by atoms with Crippen LogP contribution in [0.15, 0.2) is 48.5 Å². The standard InChI is InChI=1S/C20H22FN3O2/c1-26-19-8-2-15(14-18(19)22)3-9-20(25)24-12-10-23(11-13-24)17-6-4-16(21)5-7-17/h2-9,14H,10-13,22H2,1H3/b9-3+. The number of nitrogen functional groups attached to an aromatic ring is 1. The fourth-order valence-electron chi connectivity index (χ4n) is 2.97. The van der Waals surface area contributed by atoms with Crippen molar-refractivity contribution in [3.63, 3.8) is 0 Å². The van der Waals surface area contributed by atoms with E-state index in [-0.39, 0.29) is 11.7 Å². The second kappa shape index (κ2) is 7.91. The molecule has 0 atom stereocenters. The first-order chi connectivity index (χ1) is 12.6. The summed E-state index contributed by atoms with van der Waals surface area (Å²) in [5.41, 5.74) is 8.24. The van der Waals surface area contributed by atoms with Crippen molar-refractivity contribution >= 4 is 23.4 Å². The largest absolute Gasteiger partial charge is 0.495 e. The summed E-state index contributed by atoms with van der Waals surface area (Å²) in [7, 11) is 1.57. The molecule has 1 aliphatic heterocycles. The van der Waals surface area contributed by atoms with Crippen LogP contribution in [-0.2, 0) is 4.79 Å². The molecule has 1 heterocycles. The lowest BCUT2D eigenvalue weighted by atomic mass is 10.1. The van der Waals surface area contributed by atoms with Gasteiger partial charge in [-0.15, -0.1) is 0 Å². The third-order valence-corrected chi connectivity index (χ3v) is 4.46. The van der Waals surface area contributed by atoms with Crippen LogP contribution in [0.5, 0.6) is 5.75 Å². The molecule has 2 N–H and O–H groups in total. The summed E-state index contributed by atoms with van der Waals surface area (Å²) in [4.78, 5) is 16.3. The Labute approximate surface area is 152 Å². The van der Waals surface area contributed by atoms with Gasteiger partial charge in [-0.1, -0.05) is 6.07 Å². The number of nitrogens with zero attached hydrogens (tertiary/aromatic N) is 2. The van der Waals surface area contributed by atoms with Gasteiger partial charge in [0.05, 0.1) is 12.8 Å². The van der Waals surface area contributed by atoms with Crippen molar-refractivity contribution in [1.82, 2.24) is 4.90 Å². The van der Waals surface area contributed by atoms with Gasteiger partial charge in [-0.05, 0) is 48.0 Å². The van der Waals surface area contributed by atoms with Crippen LogP contribution in [0, 0.1) is 5.82 Å². The van der Waals surface area contributed by atoms with E-state index in [2.05, 4.69) is 4.90 Å². The zero-order chi connectivity index (χ0) is 18.5. The highest BCUT2D eigenvalue weighted by atomic mass is 19.1. The molecule has 0 bridgehead atoms. The molecule has 0 aliphatic carbocycles. The molecular weight excluding hydrogens is 333 g/mol. The van der Waals surface area contributed by atoms with Gasteiger partial charge < -0.3 is 20.3 Å². The van der Waals surface area contributed by atoms with E-state index in [1.54, 1.807) is 43.5 Å². The molecule has 0 aromatic heterocycles. The molecule has 0 unspecified atom stereocenters. The fraction of sp³-hybridized carbons (Fsp3) is 0.250. The zero-order valence-electron chi connectivity index (χ0n) is 14.7. The Kier molecular flexibility index (Phi) is 5.41. The summed E-state index contributed by atoms with van der Waals surface area (Å²) >= 11 is 0. The average Bonchev–Trinajstić information content (AvgIpc) is 2.67. The van der Waals surface area contributed by atoms with Gasteiger partial charge in [0.2, 0.25) is 5.91 Å². The summed E-state index contributed by atoms with van der Waals surface area (Å²) in [6, 6.07) is 11.8. The highest BCUT2D eigenvalue weighted by Gasteiger charge is 2.19. The molecule has 1 fully saturated rings. The molecule has 1 saturated heterocycles. The van der Waals surface area contributed by atoms with E-state index in [0.717, 1.165) is 24.3 Å². The van der Waals surface area contributed by atoms with Gasteiger partial charge >= 0.3 is 0 Å². The number of halogens is 1. The normalized spacial score (nSPS) is 14.7. The number of benzene rings is 2. The van der Waals surface area contributed by atoms with Crippen LogP contribution >= 0.6 is 0 Å². The van der Waals surface area contributed by atoms with Crippen molar-refractivity contribution in [2.45, 2.75) is 0 Å². The average molecular weight is 355 g/mol. The lowest BCUT2D eigenvalue weighted by molar-refractivity contribution is -0.126. The van der Waals surface area contributed by atoms with Crippen LogP contribution < -0.4 is 15.4 Å². The van der Waals surface area contributed by atoms with Crippen molar-refractivity contribution in [2.75, 3.05) is 43.9 Å². The molecule has 136 valence electrons. The Balaban J connectivity index is 1.56. The predicted molar refractivity (Wildman–Crippen MR) is 102 cm³/mol. The fourth-order valence-corrected chi connectivity index (χ4v) is 2.97. The van der Waals surface area contributed by atoms with E-state index in [4.69, 9.17) is 10.5 Å². The summed E-state index contributed by atoms with van der Waals surface area (Å²) in [5, 5.41) is 0. The summed E-state index contributed by atoms with van der Waals surface area (Å²) in [5.74, 6) is 0.343. The number of nitrogens with two attached hydrogens (primary N) is 1. The van der Waals surface area contributed by atoms with Crippen LogP contribution in [0.4, 0.5) is 15.8 Å². The third kappa shape index (κ3) is 4.14. The predicted octanol–water partition coefficient (Wildman–Crippen LogP) is 2.78. The van der Waals surface area contributed by atoms with Gasteiger partial charge in [-0.2, -0.15) is 0 Å². The Morgan fingerprint density at radius 3 is 2.42 bits per heavy atom. The maximum atomic E-state index is 13.0. The van der Waals surface area contributed by atoms with Crippen LogP contribution in [0.25, 0.3) is 6.08 Å². The SMILES string of the molecule is COc1ccc(/C=C/C(=O)N2CCN(c3ccc(F)cc3)CC2)cc1N. The van der Waals surface area contributed by atoms with Gasteiger partial charge in [-0.25, -0.2) is 4.39 Å². The molecular formula is C20H22FN3O2. The smallest absolute Gasteiger partial charge is 0.246 e. The number of ether oxygens (including phenoxy) is 1. The number of amides is 1. The van der Waals surface area contributed by atoms with Crippen molar-refractivity contribution in [3.8, 4) is 5.75 Å².